The van der Waals surface area contributed by atoms with E-state index in [4.69, 9.17) is 10.9 Å². The van der Waals surface area contributed by atoms with Crippen molar-refractivity contribution < 1.29 is 10.0 Å². The number of hydrogen-bond donors (Lipinski definition) is 3. The molecule has 5 nitrogen and oxygen atoms in total. The van der Waals surface area contributed by atoms with Gasteiger partial charge in [0.1, 0.15) is 5.84 Å². The van der Waals surface area contributed by atoms with Crippen LogP contribution in [0, 0.1) is 5.92 Å². The fourth-order valence-electron chi connectivity index (χ4n) is 2.27. The molecular weight excluding hydrogens is 206 g/mol. The maximum absolute atomic E-state index is 11.5. The molecule has 0 aromatic heterocycles. The minimum atomic E-state index is -0.156. The molecule has 1 aliphatic rings. The third-order valence-corrected chi connectivity index (χ3v) is 3.20. The molecule has 0 saturated heterocycles. The summed E-state index contributed by atoms with van der Waals surface area (Å²) in [4.78, 5) is 11.5. The van der Waals surface area contributed by atoms with Crippen LogP contribution < -0.4 is 11.1 Å². The Bertz CT molecular complexity index is 266. The van der Waals surface area contributed by atoms with Gasteiger partial charge in [0.25, 0.3) is 0 Å². The highest BCUT2D eigenvalue weighted by Gasteiger charge is 2.22. The van der Waals surface area contributed by atoms with E-state index in [0.29, 0.717) is 0 Å². The number of amides is 1. The highest BCUT2D eigenvalue weighted by atomic mass is 16.4. The van der Waals surface area contributed by atoms with Crippen LogP contribution in [0.15, 0.2) is 5.16 Å². The minimum absolute atomic E-state index is 0.0240. The molecule has 0 aromatic carbocycles. The summed E-state index contributed by atoms with van der Waals surface area (Å²) in [5.41, 5.74) is 5.27. The predicted molar refractivity (Wildman–Crippen MR) is 62.2 cm³/mol. The van der Waals surface area contributed by atoms with Crippen molar-refractivity contribution in [2.75, 3.05) is 0 Å². The standard InChI is InChI=1S/C11H21N3O2/c1-2-8-4-3-5-9(6-8)13-11(15)7-10(12)14-16/h8-9,16H,2-7H2,1H3,(H2,12,14)(H,13,15). The second-order valence-electron chi connectivity index (χ2n) is 4.47. The number of nitrogens with zero attached hydrogens (tertiary/aromatic N) is 1. The number of amidine groups is 1. The molecule has 92 valence electrons. The van der Waals surface area contributed by atoms with E-state index in [2.05, 4.69) is 17.4 Å². The minimum Gasteiger partial charge on any atom is -0.409 e. The van der Waals surface area contributed by atoms with Crippen molar-refractivity contribution in [1.82, 2.24) is 5.32 Å². The Morgan fingerprint density at radius 3 is 2.94 bits per heavy atom. The summed E-state index contributed by atoms with van der Waals surface area (Å²) in [5.74, 6) is 0.528. The van der Waals surface area contributed by atoms with Crippen molar-refractivity contribution in [2.45, 2.75) is 51.5 Å². The van der Waals surface area contributed by atoms with Crippen LogP contribution in [-0.4, -0.2) is 23.0 Å². The van der Waals surface area contributed by atoms with Crippen LogP contribution in [0.1, 0.15) is 45.4 Å². The van der Waals surface area contributed by atoms with E-state index < -0.39 is 0 Å². The van der Waals surface area contributed by atoms with E-state index >= 15 is 0 Å². The lowest BCUT2D eigenvalue weighted by molar-refractivity contribution is -0.120. The molecular formula is C11H21N3O2. The van der Waals surface area contributed by atoms with Gasteiger partial charge in [-0.3, -0.25) is 4.79 Å². The normalized spacial score (nSPS) is 26.4. The Morgan fingerprint density at radius 2 is 2.31 bits per heavy atom. The van der Waals surface area contributed by atoms with Crippen molar-refractivity contribution in [3.05, 3.63) is 0 Å². The number of nitrogens with two attached hydrogens (primary N) is 1. The van der Waals surface area contributed by atoms with Crippen molar-refractivity contribution in [1.29, 1.82) is 0 Å². The van der Waals surface area contributed by atoms with Crippen molar-refractivity contribution in [3.63, 3.8) is 0 Å². The van der Waals surface area contributed by atoms with Gasteiger partial charge >= 0.3 is 0 Å². The van der Waals surface area contributed by atoms with E-state index in [1.807, 2.05) is 0 Å². The van der Waals surface area contributed by atoms with Gasteiger partial charge in [-0.15, -0.1) is 0 Å². The largest absolute Gasteiger partial charge is 0.409 e. The molecule has 0 aromatic rings. The Balaban J connectivity index is 2.33. The molecule has 0 radical (unpaired) electrons. The monoisotopic (exact) mass is 227 g/mol. The second-order valence-corrected chi connectivity index (χ2v) is 4.47. The van der Waals surface area contributed by atoms with Gasteiger partial charge in [-0.25, -0.2) is 0 Å². The average Bonchev–Trinajstić information content (AvgIpc) is 2.28. The first-order valence-corrected chi connectivity index (χ1v) is 5.91. The van der Waals surface area contributed by atoms with Crippen molar-refractivity contribution in [3.8, 4) is 0 Å². The molecule has 1 rings (SSSR count). The summed E-state index contributed by atoms with van der Waals surface area (Å²) in [7, 11) is 0. The highest BCUT2D eigenvalue weighted by molar-refractivity contribution is 5.98. The molecule has 5 heteroatoms. The van der Waals surface area contributed by atoms with E-state index in [1.165, 1.54) is 19.3 Å². The Kier molecular flexibility index (Phi) is 5.08. The van der Waals surface area contributed by atoms with Crippen molar-refractivity contribution >= 4 is 11.7 Å². The lowest BCUT2D eigenvalue weighted by Crippen LogP contribution is -2.39. The van der Waals surface area contributed by atoms with Gasteiger partial charge in [0.15, 0.2) is 0 Å². The van der Waals surface area contributed by atoms with Gasteiger partial charge < -0.3 is 16.3 Å². The molecule has 2 unspecified atom stereocenters. The van der Waals surface area contributed by atoms with Crippen LogP contribution >= 0.6 is 0 Å². The van der Waals surface area contributed by atoms with Gasteiger partial charge in [-0.1, -0.05) is 31.3 Å². The zero-order valence-electron chi connectivity index (χ0n) is 9.78. The fourth-order valence-corrected chi connectivity index (χ4v) is 2.27. The third kappa shape index (κ3) is 4.08. The molecule has 1 amide bonds. The first-order chi connectivity index (χ1) is 7.65. The average molecular weight is 227 g/mol. The van der Waals surface area contributed by atoms with E-state index in [0.717, 1.165) is 18.8 Å². The lowest BCUT2D eigenvalue weighted by atomic mass is 9.84. The molecule has 2 atom stereocenters. The molecule has 0 bridgehead atoms. The molecule has 0 aliphatic heterocycles. The maximum Gasteiger partial charge on any atom is 0.227 e. The number of carbonyl (C=O) groups excluding carboxylic acids is 1. The number of carbonyl (C=O) groups is 1. The van der Waals surface area contributed by atoms with Gasteiger partial charge in [-0.05, 0) is 18.8 Å². The number of nitrogens with one attached hydrogen (secondary N) is 1. The molecule has 1 fully saturated rings. The highest BCUT2D eigenvalue weighted by Crippen LogP contribution is 2.26. The fraction of sp³-hybridized carbons (Fsp3) is 0.818. The van der Waals surface area contributed by atoms with Crippen LogP contribution in [0.2, 0.25) is 0 Å². The molecule has 16 heavy (non-hydrogen) atoms. The van der Waals surface area contributed by atoms with Crippen LogP contribution in [0.4, 0.5) is 0 Å². The zero-order chi connectivity index (χ0) is 12.0. The number of rotatable bonds is 4. The predicted octanol–water partition coefficient (Wildman–Crippen LogP) is 1.21. The van der Waals surface area contributed by atoms with Crippen LogP contribution in [0.3, 0.4) is 0 Å². The van der Waals surface area contributed by atoms with Crippen LogP contribution in [-0.2, 0) is 4.79 Å². The third-order valence-electron chi connectivity index (χ3n) is 3.20. The number of hydrogen-bond acceptors (Lipinski definition) is 3. The van der Waals surface area contributed by atoms with Gasteiger partial charge in [0.05, 0.1) is 6.42 Å². The molecule has 4 N–H and O–H groups in total. The Morgan fingerprint density at radius 1 is 1.56 bits per heavy atom. The Labute approximate surface area is 96.1 Å². The summed E-state index contributed by atoms with van der Waals surface area (Å²) >= 11 is 0. The van der Waals surface area contributed by atoms with Gasteiger partial charge in [0, 0.05) is 6.04 Å². The second kappa shape index (κ2) is 6.35. The Hall–Kier alpha value is -1.26. The van der Waals surface area contributed by atoms with E-state index in [9.17, 15) is 4.79 Å². The topological polar surface area (TPSA) is 87.7 Å². The lowest BCUT2D eigenvalue weighted by Gasteiger charge is -2.29. The van der Waals surface area contributed by atoms with Crippen LogP contribution in [0.25, 0.3) is 0 Å². The smallest absolute Gasteiger partial charge is 0.227 e. The maximum atomic E-state index is 11.5. The van der Waals surface area contributed by atoms with Gasteiger partial charge in [0.2, 0.25) is 5.91 Å². The molecule has 1 aliphatic carbocycles. The summed E-state index contributed by atoms with van der Waals surface area (Å²) in [6, 6.07) is 0.262. The summed E-state index contributed by atoms with van der Waals surface area (Å²) in [5, 5.41) is 14.1. The summed E-state index contributed by atoms with van der Waals surface area (Å²) in [6.45, 7) is 2.19. The zero-order valence-corrected chi connectivity index (χ0v) is 9.78. The summed E-state index contributed by atoms with van der Waals surface area (Å²) < 4.78 is 0. The SMILES string of the molecule is CCC1CCCC(NC(=O)CC(N)=NO)C1. The van der Waals surface area contributed by atoms with Crippen LogP contribution in [0.5, 0.6) is 0 Å². The first-order valence-electron chi connectivity index (χ1n) is 5.91. The molecule has 0 heterocycles. The quantitative estimate of drug-likeness (QED) is 0.292. The first kappa shape index (κ1) is 12.8. The van der Waals surface area contributed by atoms with E-state index in [-0.39, 0.29) is 24.2 Å². The summed E-state index contributed by atoms with van der Waals surface area (Å²) in [6.07, 6.45) is 5.68. The van der Waals surface area contributed by atoms with Gasteiger partial charge in [-0.2, -0.15) is 0 Å². The van der Waals surface area contributed by atoms with E-state index in [1.54, 1.807) is 0 Å². The molecule has 1 saturated carbocycles. The van der Waals surface area contributed by atoms with Crippen molar-refractivity contribution in [2.24, 2.45) is 16.8 Å². The molecule has 0 spiro atoms. The number of oxime groups is 1.